The molecule has 192 valence electrons. The van der Waals surface area contributed by atoms with E-state index in [4.69, 9.17) is 15.0 Å². The zero-order valence-corrected chi connectivity index (χ0v) is 18.4. The third-order valence-corrected chi connectivity index (χ3v) is 5.29. The van der Waals surface area contributed by atoms with Crippen molar-refractivity contribution in [1.82, 2.24) is 19.8 Å². The van der Waals surface area contributed by atoms with Crippen molar-refractivity contribution in [2.45, 2.75) is 44.7 Å². The molecule has 1 aromatic heterocycles. The van der Waals surface area contributed by atoms with Gasteiger partial charge in [-0.2, -0.15) is 13.2 Å². The Hall–Kier alpha value is -4.43. The van der Waals surface area contributed by atoms with E-state index in [-0.39, 0.29) is 31.3 Å². The Morgan fingerprint density at radius 2 is 1.89 bits per heavy atom. The molecule has 4 N–H and O–H groups in total. The number of alkyl halides is 3. The van der Waals surface area contributed by atoms with Gasteiger partial charge in [0, 0.05) is 36.0 Å². The largest absolute Gasteiger partial charge is 0.490 e. The minimum Gasteiger partial charge on any atom is -0.480 e. The van der Waals surface area contributed by atoms with Crippen LogP contribution in [0.25, 0.3) is 0 Å². The van der Waals surface area contributed by atoms with Crippen LogP contribution in [-0.2, 0) is 38.8 Å². The first-order chi connectivity index (χ1) is 16.9. The zero-order valence-electron chi connectivity index (χ0n) is 18.4. The van der Waals surface area contributed by atoms with Crippen LogP contribution in [0.4, 0.5) is 18.9 Å². The van der Waals surface area contributed by atoms with Crippen molar-refractivity contribution in [2.75, 3.05) is 5.32 Å². The summed E-state index contributed by atoms with van der Waals surface area (Å²) in [4.78, 5) is 61.7. The number of hydrogen-bond acceptors (Lipinski definition) is 7. The quantitative estimate of drug-likeness (QED) is 0.413. The summed E-state index contributed by atoms with van der Waals surface area (Å²) in [6.45, 7) is 0.468. The molecule has 0 radical (unpaired) electrons. The van der Waals surface area contributed by atoms with Crippen LogP contribution in [0.15, 0.2) is 30.7 Å². The summed E-state index contributed by atoms with van der Waals surface area (Å²) in [5, 5.41) is 21.5. The van der Waals surface area contributed by atoms with Gasteiger partial charge < -0.3 is 25.0 Å². The predicted octanol–water partition coefficient (Wildman–Crippen LogP) is 0.974. The third-order valence-electron chi connectivity index (χ3n) is 5.29. The van der Waals surface area contributed by atoms with Crippen LogP contribution in [-0.4, -0.2) is 66.5 Å². The Balaban J connectivity index is 0.000000454. The number of imidazole rings is 1. The SMILES string of the molecule is O=C(O)C(F)(F)F.O=C(O)Cn1cnc(CNc2cccc3c2CN(C2CCC(=O)NC2=O)C3=O)c1. The van der Waals surface area contributed by atoms with Crippen molar-refractivity contribution in [3.05, 3.63) is 47.5 Å². The summed E-state index contributed by atoms with van der Waals surface area (Å²) >= 11 is 0. The smallest absolute Gasteiger partial charge is 0.480 e. The van der Waals surface area contributed by atoms with Gasteiger partial charge in [-0.3, -0.25) is 24.5 Å². The van der Waals surface area contributed by atoms with Crippen molar-refractivity contribution in [3.8, 4) is 0 Å². The van der Waals surface area contributed by atoms with Gasteiger partial charge >= 0.3 is 18.1 Å². The summed E-state index contributed by atoms with van der Waals surface area (Å²) in [6.07, 6.45) is -1.46. The van der Waals surface area contributed by atoms with E-state index >= 15 is 0 Å². The van der Waals surface area contributed by atoms with Crippen LogP contribution in [0.2, 0.25) is 0 Å². The van der Waals surface area contributed by atoms with E-state index in [2.05, 4.69) is 15.6 Å². The first-order valence-corrected chi connectivity index (χ1v) is 10.4. The van der Waals surface area contributed by atoms with E-state index in [1.807, 2.05) is 6.07 Å². The number of fused-ring (bicyclic) bond motifs is 1. The monoisotopic (exact) mass is 511 g/mol. The van der Waals surface area contributed by atoms with Crippen LogP contribution < -0.4 is 10.6 Å². The molecule has 0 saturated carbocycles. The van der Waals surface area contributed by atoms with Gasteiger partial charge in [-0.15, -0.1) is 0 Å². The molecule has 2 aliphatic rings. The molecule has 12 nitrogen and oxygen atoms in total. The number of nitrogens with one attached hydrogen (secondary N) is 2. The fourth-order valence-corrected chi connectivity index (χ4v) is 3.68. The standard InChI is InChI=1S/C19H19N5O5.C2HF3O2/c25-16-5-4-15(18(28)22-16)24-8-13-12(19(24)29)2-1-3-14(13)20-6-11-7-23(10-21-11)9-17(26)27;3-2(4,5)1(6)7/h1-3,7,10,15,20H,4-6,8-9H2,(H,26,27)(H,22,25,28);(H,6,7). The number of benzene rings is 1. The second-order valence-corrected chi connectivity index (χ2v) is 7.82. The highest BCUT2D eigenvalue weighted by Gasteiger charge is 2.40. The van der Waals surface area contributed by atoms with Crippen LogP contribution >= 0.6 is 0 Å². The molecule has 15 heteroatoms. The lowest BCUT2D eigenvalue weighted by molar-refractivity contribution is -0.192. The van der Waals surface area contributed by atoms with E-state index in [1.54, 1.807) is 18.3 Å². The molecular formula is C21H20F3N5O7. The lowest BCUT2D eigenvalue weighted by atomic mass is 10.0. The molecule has 3 heterocycles. The Labute approximate surface area is 200 Å². The summed E-state index contributed by atoms with van der Waals surface area (Å²) in [6, 6.07) is 4.66. The summed E-state index contributed by atoms with van der Waals surface area (Å²) in [7, 11) is 0. The Morgan fingerprint density at radius 1 is 1.19 bits per heavy atom. The average Bonchev–Trinajstić information content (AvgIpc) is 3.36. The third kappa shape index (κ3) is 6.17. The van der Waals surface area contributed by atoms with Crippen molar-refractivity contribution >= 4 is 35.3 Å². The highest BCUT2D eigenvalue weighted by Crippen LogP contribution is 2.32. The number of hydrogen-bond donors (Lipinski definition) is 4. The number of carboxylic acid groups (broad SMARTS) is 2. The van der Waals surface area contributed by atoms with Gasteiger partial charge in [-0.1, -0.05) is 6.07 Å². The number of amides is 3. The van der Waals surface area contributed by atoms with Crippen molar-refractivity contribution < 1.29 is 47.4 Å². The van der Waals surface area contributed by atoms with Gasteiger partial charge in [0.15, 0.2) is 0 Å². The second kappa shape index (κ2) is 10.5. The van der Waals surface area contributed by atoms with E-state index in [0.717, 1.165) is 11.3 Å². The number of imide groups is 1. The van der Waals surface area contributed by atoms with E-state index in [9.17, 15) is 32.3 Å². The lowest BCUT2D eigenvalue weighted by Gasteiger charge is -2.29. The summed E-state index contributed by atoms with van der Waals surface area (Å²) in [5.74, 6) is -4.70. The maximum Gasteiger partial charge on any atom is 0.490 e. The first-order valence-electron chi connectivity index (χ1n) is 10.4. The molecule has 36 heavy (non-hydrogen) atoms. The molecule has 0 aliphatic carbocycles. The first kappa shape index (κ1) is 26.2. The minimum atomic E-state index is -5.08. The van der Waals surface area contributed by atoms with Crippen LogP contribution in [0.3, 0.4) is 0 Å². The van der Waals surface area contributed by atoms with E-state index < -0.39 is 30.1 Å². The molecule has 2 aliphatic heterocycles. The molecule has 3 amide bonds. The molecule has 1 fully saturated rings. The number of carbonyl (C=O) groups excluding carboxylic acids is 3. The number of anilines is 1. The zero-order chi connectivity index (χ0) is 26.6. The number of carbonyl (C=O) groups is 5. The van der Waals surface area contributed by atoms with Crippen LogP contribution in [0.5, 0.6) is 0 Å². The number of aromatic nitrogens is 2. The fourth-order valence-electron chi connectivity index (χ4n) is 3.68. The normalized spacial score (nSPS) is 17.1. The van der Waals surface area contributed by atoms with Crippen molar-refractivity contribution in [2.24, 2.45) is 0 Å². The number of piperidine rings is 1. The van der Waals surface area contributed by atoms with Gasteiger partial charge in [0.05, 0.1) is 18.6 Å². The molecule has 2 aromatic rings. The Kier molecular flexibility index (Phi) is 7.60. The fraction of sp³-hybridized carbons (Fsp3) is 0.333. The number of halogens is 3. The number of carboxylic acids is 2. The van der Waals surface area contributed by atoms with Crippen molar-refractivity contribution in [3.63, 3.8) is 0 Å². The molecule has 1 saturated heterocycles. The Morgan fingerprint density at radius 3 is 2.50 bits per heavy atom. The number of nitrogens with zero attached hydrogens (tertiary/aromatic N) is 3. The molecule has 1 unspecified atom stereocenters. The molecule has 0 spiro atoms. The number of aliphatic carboxylic acids is 2. The average molecular weight is 511 g/mol. The summed E-state index contributed by atoms with van der Waals surface area (Å²) < 4.78 is 33.2. The predicted molar refractivity (Wildman–Crippen MR) is 113 cm³/mol. The Bertz CT molecular complexity index is 1210. The molecular weight excluding hydrogens is 491 g/mol. The van der Waals surface area contributed by atoms with Crippen LogP contribution in [0.1, 0.15) is 34.5 Å². The molecule has 4 rings (SSSR count). The molecule has 1 aromatic carbocycles. The van der Waals surface area contributed by atoms with E-state index in [1.165, 1.54) is 15.8 Å². The maximum absolute atomic E-state index is 12.8. The highest BCUT2D eigenvalue weighted by atomic mass is 19.4. The van der Waals surface area contributed by atoms with Gasteiger partial charge in [0.1, 0.15) is 12.6 Å². The van der Waals surface area contributed by atoms with Crippen molar-refractivity contribution in [1.29, 1.82) is 0 Å². The second-order valence-electron chi connectivity index (χ2n) is 7.82. The maximum atomic E-state index is 12.8. The highest BCUT2D eigenvalue weighted by molar-refractivity contribution is 6.06. The van der Waals surface area contributed by atoms with Gasteiger partial charge in [-0.25, -0.2) is 9.78 Å². The summed E-state index contributed by atoms with van der Waals surface area (Å²) in [5.41, 5.74) is 2.72. The van der Waals surface area contributed by atoms with Gasteiger partial charge in [0.2, 0.25) is 11.8 Å². The lowest BCUT2D eigenvalue weighted by Crippen LogP contribution is -2.52. The molecule has 0 bridgehead atoms. The minimum absolute atomic E-state index is 0.164. The number of rotatable bonds is 6. The van der Waals surface area contributed by atoms with Gasteiger partial charge in [-0.05, 0) is 18.6 Å². The van der Waals surface area contributed by atoms with Crippen LogP contribution in [0, 0.1) is 0 Å². The van der Waals surface area contributed by atoms with E-state index in [0.29, 0.717) is 24.2 Å². The molecule has 1 atom stereocenters. The topological polar surface area (TPSA) is 171 Å². The van der Waals surface area contributed by atoms with Gasteiger partial charge in [0.25, 0.3) is 5.91 Å².